The number of hydrogen-bond acceptors (Lipinski definition) is 8. The fourth-order valence-electron chi connectivity index (χ4n) is 4.84. The third-order valence-corrected chi connectivity index (χ3v) is 6.68. The molecule has 0 saturated carbocycles. The normalized spacial score (nSPS) is 14.7. The summed E-state index contributed by atoms with van der Waals surface area (Å²) in [4.78, 5) is 21.7. The monoisotopic (exact) mass is 522 g/mol. The first kappa shape index (κ1) is 25.7. The average Bonchev–Trinajstić information content (AvgIpc) is 2.96. The summed E-state index contributed by atoms with van der Waals surface area (Å²) in [6, 6.07) is 21.7. The summed E-state index contributed by atoms with van der Waals surface area (Å²) in [6.07, 6.45) is 5.33. The van der Waals surface area contributed by atoms with Crippen molar-refractivity contribution < 1.29 is 14.3 Å². The minimum absolute atomic E-state index is 0.119. The second-order valence-corrected chi connectivity index (χ2v) is 9.12. The molecule has 0 bridgehead atoms. The van der Waals surface area contributed by atoms with Crippen molar-refractivity contribution in [3.63, 3.8) is 0 Å². The molecular weight excluding hydrogens is 492 g/mol. The van der Waals surface area contributed by atoms with Crippen molar-refractivity contribution in [2.75, 3.05) is 25.7 Å². The molecule has 5 N–H and O–H groups in total. The Morgan fingerprint density at radius 2 is 1.85 bits per heavy atom. The van der Waals surface area contributed by atoms with Crippen LogP contribution in [0.5, 0.6) is 11.5 Å². The van der Waals surface area contributed by atoms with Crippen LogP contribution in [0.25, 0.3) is 6.08 Å². The summed E-state index contributed by atoms with van der Waals surface area (Å²) in [5, 5.41) is 1.67. The van der Waals surface area contributed by atoms with Gasteiger partial charge in [0, 0.05) is 36.4 Å². The number of hydrogen-bond donors (Lipinski definition) is 3. The molecule has 0 aliphatic carbocycles. The highest BCUT2D eigenvalue weighted by molar-refractivity contribution is 5.93. The highest BCUT2D eigenvalue weighted by Crippen LogP contribution is 2.36. The topological polar surface area (TPSA) is 129 Å². The highest BCUT2D eigenvalue weighted by Gasteiger charge is 2.31. The molecule has 1 amide bonds. The molecule has 0 fully saturated rings. The number of nitrogens with zero attached hydrogens (tertiary/aromatic N) is 3. The maximum absolute atomic E-state index is 13.6. The number of methoxy groups -OCH3 is 2. The molecule has 39 heavy (non-hydrogen) atoms. The molecule has 9 nitrogen and oxygen atoms in total. The number of hydrazine groups is 1. The standard InChI is InChI=1S/C30H30N6O3/c1-38-25-16-19(15-23-17-33-30(32)35-29(23)31)14-21(28(25)39-2)12-13-26(37)36-27(20-8-4-3-5-9-20)24-11-7-6-10-22(24)18-34-36/h3-14,16-17,27,34H,15,18H2,1-2H3,(H4,31,32,33,35)/b13-12+/t27-/m0/s1. The summed E-state index contributed by atoms with van der Waals surface area (Å²) in [5.74, 6) is 1.29. The first-order valence-electron chi connectivity index (χ1n) is 12.5. The molecule has 5 rings (SSSR count). The van der Waals surface area contributed by atoms with Crippen LogP contribution in [-0.2, 0) is 17.8 Å². The predicted molar refractivity (Wildman–Crippen MR) is 151 cm³/mol. The van der Waals surface area contributed by atoms with Gasteiger partial charge in [-0.2, -0.15) is 4.98 Å². The number of aromatic nitrogens is 2. The van der Waals surface area contributed by atoms with E-state index in [-0.39, 0.29) is 17.9 Å². The Balaban J connectivity index is 1.48. The van der Waals surface area contributed by atoms with Crippen LogP contribution in [0.1, 0.15) is 39.4 Å². The minimum atomic E-state index is -0.274. The van der Waals surface area contributed by atoms with Gasteiger partial charge in [0.25, 0.3) is 5.91 Å². The Labute approximate surface area is 227 Å². The number of nitrogens with one attached hydrogen (secondary N) is 1. The zero-order chi connectivity index (χ0) is 27.4. The smallest absolute Gasteiger partial charge is 0.261 e. The van der Waals surface area contributed by atoms with Gasteiger partial charge in [-0.15, -0.1) is 0 Å². The third kappa shape index (κ3) is 5.39. The molecule has 1 atom stereocenters. The summed E-state index contributed by atoms with van der Waals surface area (Å²) < 4.78 is 11.2. The molecule has 0 saturated heterocycles. The number of rotatable bonds is 7. The molecule has 0 radical (unpaired) electrons. The molecular formula is C30H30N6O3. The summed E-state index contributed by atoms with van der Waals surface area (Å²) >= 11 is 0. The zero-order valence-electron chi connectivity index (χ0n) is 21.8. The van der Waals surface area contributed by atoms with Gasteiger partial charge in [-0.25, -0.2) is 10.4 Å². The van der Waals surface area contributed by atoms with Crippen LogP contribution >= 0.6 is 0 Å². The first-order chi connectivity index (χ1) is 19.0. The average molecular weight is 523 g/mol. The van der Waals surface area contributed by atoms with Crippen LogP contribution in [0.2, 0.25) is 0 Å². The number of nitrogens with two attached hydrogens (primary N) is 2. The molecule has 0 unspecified atom stereocenters. The number of fused-ring (bicyclic) bond motifs is 1. The van der Waals surface area contributed by atoms with Gasteiger partial charge in [0.1, 0.15) is 5.82 Å². The van der Waals surface area contributed by atoms with E-state index in [1.807, 2.05) is 54.6 Å². The van der Waals surface area contributed by atoms with Gasteiger partial charge in [0.05, 0.1) is 20.3 Å². The first-order valence-corrected chi connectivity index (χ1v) is 12.5. The van der Waals surface area contributed by atoms with Crippen molar-refractivity contribution in [3.05, 3.63) is 112 Å². The van der Waals surface area contributed by atoms with Crippen molar-refractivity contribution in [3.8, 4) is 11.5 Å². The van der Waals surface area contributed by atoms with Crippen molar-refractivity contribution in [1.82, 2.24) is 20.4 Å². The second-order valence-electron chi connectivity index (χ2n) is 9.12. The fraction of sp³-hybridized carbons (Fsp3) is 0.167. The maximum Gasteiger partial charge on any atom is 0.261 e. The lowest BCUT2D eigenvalue weighted by molar-refractivity contribution is -0.131. The quantitative estimate of drug-likeness (QED) is 0.312. The van der Waals surface area contributed by atoms with E-state index in [4.69, 9.17) is 20.9 Å². The minimum Gasteiger partial charge on any atom is -0.493 e. The van der Waals surface area contributed by atoms with Gasteiger partial charge < -0.3 is 20.9 Å². The van der Waals surface area contributed by atoms with Gasteiger partial charge in [0.15, 0.2) is 11.5 Å². The number of ether oxygens (including phenoxy) is 2. The van der Waals surface area contributed by atoms with E-state index in [1.165, 1.54) is 0 Å². The maximum atomic E-state index is 13.6. The molecule has 1 aliphatic rings. The Morgan fingerprint density at radius 3 is 2.59 bits per heavy atom. The van der Waals surface area contributed by atoms with Gasteiger partial charge in [-0.3, -0.25) is 9.80 Å². The van der Waals surface area contributed by atoms with Gasteiger partial charge >= 0.3 is 0 Å². The molecule has 198 valence electrons. The molecule has 0 spiro atoms. The number of anilines is 2. The lowest BCUT2D eigenvalue weighted by Crippen LogP contribution is -2.48. The molecule has 9 heteroatoms. The number of carbonyl (C=O) groups is 1. The van der Waals surface area contributed by atoms with Crippen molar-refractivity contribution in [2.45, 2.75) is 19.0 Å². The Morgan fingerprint density at radius 1 is 1.08 bits per heavy atom. The van der Waals surface area contributed by atoms with E-state index in [0.717, 1.165) is 27.8 Å². The largest absolute Gasteiger partial charge is 0.493 e. The van der Waals surface area contributed by atoms with Crippen molar-refractivity contribution in [1.29, 1.82) is 0 Å². The van der Waals surface area contributed by atoms with E-state index < -0.39 is 0 Å². The van der Waals surface area contributed by atoms with Crippen LogP contribution in [0.15, 0.2) is 79.0 Å². The lowest BCUT2D eigenvalue weighted by Gasteiger charge is -2.37. The van der Waals surface area contributed by atoms with Crippen LogP contribution in [0, 0.1) is 0 Å². The van der Waals surface area contributed by atoms with Crippen LogP contribution in [0.4, 0.5) is 11.8 Å². The Bertz CT molecular complexity index is 1520. The lowest BCUT2D eigenvalue weighted by atomic mass is 9.92. The third-order valence-electron chi connectivity index (χ3n) is 6.68. The second kappa shape index (κ2) is 11.2. The number of carbonyl (C=O) groups excluding carboxylic acids is 1. The number of amides is 1. The van der Waals surface area contributed by atoms with Crippen molar-refractivity contribution in [2.24, 2.45) is 0 Å². The molecule has 1 aliphatic heterocycles. The molecule has 2 heterocycles. The van der Waals surface area contributed by atoms with Crippen LogP contribution < -0.4 is 26.4 Å². The van der Waals surface area contributed by atoms with Gasteiger partial charge in [-0.05, 0) is 40.5 Å². The molecule has 1 aromatic heterocycles. The van der Waals surface area contributed by atoms with Gasteiger partial charge in [-0.1, -0.05) is 54.6 Å². The summed E-state index contributed by atoms with van der Waals surface area (Å²) in [7, 11) is 3.14. The SMILES string of the molecule is COc1cc(Cc2cnc(N)nc2N)cc(/C=C/C(=O)N2NCc3ccccc3[C@@H]2c2ccccc2)c1OC. The highest BCUT2D eigenvalue weighted by atomic mass is 16.5. The number of nitrogen functional groups attached to an aromatic ring is 2. The van der Waals surface area contributed by atoms with E-state index in [0.29, 0.717) is 35.8 Å². The molecule has 4 aromatic rings. The Hall–Kier alpha value is -4.89. The van der Waals surface area contributed by atoms with Crippen LogP contribution in [-0.4, -0.2) is 35.1 Å². The van der Waals surface area contributed by atoms with Gasteiger partial charge in [0.2, 0.25) is 5.95 Å². The summed E-state index contributed by atoms with van der Waals surface area (Å²) in [5.41, 5.74) is 20.6. The van der Waals surface area contributed by atoms with E-state index in [2.05, 4.69) is 27.5 Å². The van der Waals surface area contributed by atoms with Crippen LogP contribution in [0.3, 0.4) is 0 Å². The van der Waals surface area contributed by atoms with E-state index >= 15 is 0 Å². The van der Waals surface area contributed by atoms with E-state index in [1.54, 1.807) is 37.6 Å². The predicted octanol–water partition coefficient (Wildman–Crippen LogP) is 3.90. The number of benzene rings is 3. The zero-order valence-corrected chi connectivity index (χ0v) is 21.8. The van der Waals surface area contributed by atoms with E-state index in [9.17, 15) is 4.79 Å². The van der Waals surface area contributed by atoms with Crippen molar-refractivity contribution >= 4 is 23.7 Å². The summed E-state index contributed by atoms with van der Waals surface area (Å²) in [6.45, 7) is 0.552. The molecule has 3 aromatic carbocycles. The fourth-order valence-corrected chi connectivity index (χ4v) is 4.84. The Kier molecular flexibility index (Phi) is 7.42.